The van der Waals surface area contributed by atoms with Gasteiger partial charge in [0, 0.05) is 11.6 Å². The van der Waals surface area contributed by atoms with Crippen molar-refractivity contribution in [2.45, 2.75) is 26.3 Å². The quantitative estimate of drug-likeness (QED) is 0.778. The smallest absolute Gasteiger partial charge is 0.412 e. The summed E-state index contributed by atoms with van der Waals surface area (Å²) in [5.74, 6) is -0.553. The zero-order valence-corrected chi connectivity index (χ0v) is 8.86. The minimum absolute atomic E-state index is 0.231. The summed E-state index contributed by atoms with van der Waals surface area (Å²) in [6, 6.07) is 1.15. The van der Waals surface area contributed by atoms with Crippen molar-refractivity contribution in [2.24, 2.45) is 0 Å². The number of aromatic nitrogens is 1. The van der Waals surface area contributed by atoms with Crippen LogP contribution in [0.4, 0.5) is 14.9 Å². The third-order valence-corrected chi connectivity index (χ3v) is 1.81. The lowest BCUT2D eigenvalue weighted by atomic mass is 10.1. The largest absolute Gasteiger partial charge is 0.465 e. The van der Waals surface area contributed by atoms with Gasteiger partial charge in [-0.25, -0.2) is 9.18 Å². The van der Waals surface area contributed by atoms with E-state index in [0.29, 0.717) is 0 Å². The Kier molecular flexibility index (Phi) is 2.93. The van der Waals surface area contributed by atoms with Gasteiger partial charge in [-0.1, -0.05) is 0 Å². The molecule has 0 fully saturated rings. The van der Waals surface area contributed by atoms with Crippen LogP contribution in [0, 0.1) is 5.82 Å². The standard InChI is InChI=1S/C10H13FN2O2/c1-10(2,3)13(9(14)15)8-4-7(11)5-12-6-8/h4-6H,1-3H3,(H,14,15). The van der Waals surface area contributed by atoms with E-state index >= 15 is 0 Å². The minimum Gasteiger partial charge on any atom is -0.465 e. The first-order valence-electron chi connectivity index (χ1n) is 4.46. The molecule has 15 heavy (non-hydrogen) atoms. The molecular weight excluding hydrogens is 199 g/mol. The van der Waals surface area contributed by atoms with Gasteiger partial charge in [0.25, 0.3) is 0 Å². The summed E-state index contributed by atoms with van der Waals surface area (Å²) in [6.07, 6.45) is 1.23. The van der Waals surface area contributed by atoms with Gasteiger partial charge in [-0.15, -0.1) is 0 Å². The fourth-order valence-corrected chi connectivity index (χ4v) is 1.31. The normalized spacial score (nSPS) is 11.2. The molecule has 1 N–H and O–H groups in total. The number of nitrogens with zero attached hydrogens (tertiary/aromatic N) is 2. The highest BCUT2D eigenvalue weighted by atomic mass is 19.1. The predicted octanol–water partition coefficient (Wildman–Crippen LogP) is 2.50. The Labute approximate surface area is 87.4 Å². The molecule has 0 unspecified atom stereocenters. The maximum absolute atomic E-state index is 12.9. The van der Waals surface area contributed by atoms with Gasteiger partial charge in [0.15, 0.2) is 0 Å². The van der Waals surface area contributed by atoms with Crippen molar-refractivity contribution < 1.29 is 14.3 Å². The van der Waals surface area contributed by atoms with E-state index in [2.05, 4.69) is 4.98 Å². The molecule has 0 atom stereocenters. The number of carboxylic acid groups (broad SMARTS) is 1. The second-order valence-corrected chi connectivity index (χ2v) is 4.15. The Hall–Kier alpha value is -1.65. The lowest BCUT2D eigenvalue weighted by Crippen LogP contribution is -2.45. The van der Waals surface area contributed by atoms with E-state index in [1.54, 1.807) is 20.8 Å². The van der Waals surface area contributed by atoms with Crippen molar-refractivity contribution in [3.05, 3.63) is 24.3 Å². The SMILES string of the molecule is CC(C)(C)N(C(=O)O)c1cncc(F)c1. The van der Waals surface area contributed by atoms with Crippen molar-refractivity contribution in [3.63, 3.8) is 0 Å². The second-order valence-electron chi connectivity index (χ2n) is 4.15. The van der Waals surface area contributed by atoms with Crippen LogP contribution >= 0.6 is 0 Å². The van der Waals surface area contributed by atoms with Crippen LogP contribution in [0.1, 0.15) is 20.8 Å². The van der Waals surface area contributed by atoms with Crippen molar-refractivity contribution in [3.8, 4) is 0 Å². The van der Waals surface area contributed by atoms with E-state index in [1.807, 2.05) is 0 Å². The highest BCUT2D eigenvalue weighted by Gasteiger charge is 2.28. The summed E-state index contributed by atoms with van der Waals surface area (Å²) in [7, 11) is 0. The van der Waals surface area contributed by atoms with Crippen molar-refractivity contribution in [1.82, 2.24) is 4.98 Å². The minimum atomic E-state index is -1.13. The van der Waals surface area contributed by atoms with Crippen LogP contribution in [0.2, 0.25) is 0 Å². The van der Waals surface area contributed by atoms with E-state index < -0.39 is 17.4 Å². The molecule has 1 heterocycles. The van der Waals surface area contributed by atoms with Gasteiger partial charge >= 0.3 is 6.09 Å². The number of amides is 1. The van der Waals surface area contributed by atoms with E-state index in [4.69, 9.17) is 5.11 Å². The van der Waals surface area contributed by atoms with E-state index in [-0.39, 0.29) is 5.69 Å². The van der Waals surface area contributed by atoms with Crippen molar-refractivity contribution in [1.29, 1.82) is 0 Å². The maximum atomic E-state index is 12.9. The van der Waals surface area contributed by atoms with Crippen LogP contribution in [0.5, 0.6) is 0 Å². The van der Waals surface area contributed by atoms with E-state index in [1.165, 1.54) is 6.20 Å². The molecule has 4 nitrogen and oxygen atoms in total. The van der Waals surface area contributed by atoms with Gasteiger partial charge in [-0.2, -0.15) is 0 Å². The summed E-state index contributed by atoms with van der Waals surface area (Å²) in [4.78, 5) is 15.7. The Bertz CT molecular complexity index is 374. The number of hydrogen-bond donors (Lipinski definition) is 1. The first-order chi connectivity index (χ1) is 6.82. The van der Waals surface area contributed by atoms with E-state index in [9.17, 15) is 9.18 Å². The van der Waals surface area contributed by atoms with Crippen LogP contribution in [-0.2, 0) is 0 Å². The Morgan fingerprint density at radius 1 is 1.47 bits per heavy atom. The molecule has 0 aliphatic rings. The first kappa shape index (κ1) is 11.4. The lowest BCUT2D eigenvalue weighted by Gasteiger charge is -2.32. The fourth-order valence-electron chi connectivity index (χ4n) is 1.31. The highest BCUT2D eigenvalue weighted by molar-refractivity contribution is 5.87. The molecule has 1 aromatic heterocycles. The molecule has 0 bridgehead atoms. The molecule has 0 aromatic carbocycles. The molecule has 0 spiro atoms. The Balaban J connectivity index is 3.16. The van der Waals surface area contributed by atoms with Crippen LogP contribution in [0.3, 0.4) is 0 Å². The van der Waals surface area contributed by atoms with Crippen LogP contribution < -0.4 is 4.90 Å². The summed E-state index contributed by atoms with van der Waals surface area (Å²) in [6.45, 7) is 5.18. The first-order valence-corrected chi connectivity index (χ1v) is 4.46. The monoisotopic (exact) mass is 212 g/mol. The van der Waals surface area contributed by atoms with Gasteiger partial charge in [0.2, 0.25) is 0 Å². The number of halogens is 1. The average molecular weight is 212 g/mol. The maximum Gasteiger partial charge on any atom is 0.412 e. The number of rotatable bonds is 1. The Morgan fingerprint density at radius 3 is 2.47 bits per heavy atom. The highest BCUT2D eigenvalue weighted by Crippen LogP contribution is 2.23. The summed E-state index contributed by atoms with van der Waals surface area (Å²) in [5, 5.41) is 9.03. The zero-order chi connectivity index (χ0) is 11.6. The molecule has 0 aliphatic carbocycles. The second kappa shape index (κ2) is 3.84. The topological polar surface area (TPSA) is 53.4 Å². The van der Waals surface area contributed by atoms with Crippen LogP contribution in [0.25, 0.3) is 0 Å². The summed E-state index contributed by atoms with van der Waals surface area (Å²) >= 11 is 0. The average Bonchev–Trinajstić information content (AvgIpc) is 1.99. The van der Waals surface area contributed by atoms with Crippen molar-refractivity contribution in [2.75, 3.05) is 4.90 Å². The molecule has 5 heteroatoms. The van der Waals surface area contributed by atoms with Gasteiger partial charge in [0.1, 0.15) is 5.82 Å². The Morgan fingerprint density at radius 2 is 2.07 bits per heavy atom. The summed E-state index contributed by atoms with van der Waals surface area (Å²) in [5.41, 5.74) is -0.406. The van der Waals surface area contributed by atoms with Gasteiger partial charge in [0.05, 0.1) is 18.1 Å². The molecule has 0 saturated heterocycles. The van der Waals surface area contributed by atoms with Gasteiger partial charge in [-0.3, -0.25) is 9.88 Å². The van der Waals surface area contributed by atoms with Crippen LogP contribution in [0.15, 0.2) is 18.5 Å². The third-order valence-electron chi connectivity index (χ3n) is 1.81. The third kappa shape index (κ3) is 2.65. The number of carbonyl (C=O) groups is 1. The van der Waals surface area contributed by atoms with Gasteiger partial charge in [-0.05, 0) is 20.8 Å². The number of pyridine rings is 1. The predicted molar refractivity (Wildman–Crippen MR) is 54.5 cm³/mol. The molecule has 0 saturated carbocycles. The number of anilines is 1. The number of hydrogen-bond acceptors (Lipinski definition) is 2. The lowest BCUT2D eigenvalue weighted by molar-refractivity contribution is 0.195. The molecular formula is C10H13FN2O2. The molecule has 1 rings (SSSR count). The molecule has 1 amide bonds. The molecule has 82 valence electrons. The van der Waals surface area contributed by atoms with Gasteiger partial charge < -0.3 is 5.11 Å². The van der Waals surface area contributed by atoms with Crippen molar-refractivity contribution >= 4 is 11.8 Å². The molecule has 1 aromatic rings. The zero-order valence-electron chi connectivity index (χ0n) is 8.86. The van der Waals surface area contributed by atoms with E-state index in [0.717, 1.165) is 17.2 Å². The summed E-state index contributed by atoms with van der Waals surface area (Å²) < 4.78 is 12.9. The van der Waals surface area contributed by atoms with Crippen LogP contribution in [-0.4, -0.2) is 21.7 Å². The fraction of sp³-hybridized carbons (Fsp3) is 0.400. The molecule has 0 aliphatic heterocycles. The molecule has 0 radical (unpaired) electrons.